The Bertz CT molecular complexity index is 1240. The number of hydrogen-bond acceptors (Lipinski definition) is 6. The summed E-state index contributed by atoms with van der Waals surface area (Å²) in [6.45, 7) is 2.68. The summed E-state index contributed by atoms with van der Waals surface area (Å²) in [6.07, 6.45) is 1.62. The molecule has 3 saturated heterocycles. The lowest BCUT2D eigenvalue weighted by Crippen LogP contribution is -2.52. The van der Waals surface area contributed by atoms with E-state index in [0.717, 1.165) is 43.6 Å². The van der Waals surface area contributed by atoms with Gasteiger partial charge in [0.25, 0.3) is 5.91 Å². The molecule has 0 saturated carbocycles. The number of nitrogens with one attached hydrogen (secondary N) is 2. The normalized spacial score (nSPS) is 20.8. The molecular formula is C30H33N3O5. The SMILES string of the molecule is O=C(COc1cccc([C@@H](NC(=O)O[C@H]2CN3CCC2CC3)c2ccccc2)c1)Nc1cccc(CO)c1. The number of hydrogen-bond donors (Lipinski definition) is 3. The first-order valence-corrected chi connectivity index (χ1v) is 13.0. The Labute approximate surface area is 222 Å². The zero-order valence-corrected chi connectivity index (χ0v) is 21.2. The van der Waals surface area contributed by atoms with E-state index in [0.29, 0.717) is 22.9 Å². The molecule has 0 unspecified atom stereocenters. The highest BCUT2D eigenvalue weighted by Gasteiger charge is 2.36. The number of fused-ring (bicyclic) bond motifs is 3. The summed E-state index contributed by atoms with van der Waals surface area (Å²) >= 11 is 0. The van der Waals surface area contributed by atoms with Gasteiger partial charge in [-0.1, -0.05) is 54.6 Å². The van der Waals surface area contributed by atoms with Crippen molar-refractivity contribution in [1.29, 1.82) is 0 Å². The summed E-state index contributed by atoms with van der Waals surface area (Å²) in [4.78, 5) is 27.8. The average Bonchev–Trinajstić information content (AvgIpc) is 2.96. The Morgan fingerprint density at radius 1 is 0.947 bits per heavy atom. The van der Waals surface area contributed by atoms with Crippen LogP contribution >= 0.6 is 0 Å². The van der Waals surface area contributed by atoms with Crippen molar-refractivity contribution in [2.45, 2.75) is 31.6 Å². The maximum Gasteiger partial charge on any atom is 0.408 e. The van der Waals surface area contributed by atoms with Gasteiger partial charge < -0.3 is 25.2 Å². The van der Waals surface area contributed by atoms with E-state index in [1.165, 1.54) is 0 Å². The van der Waals surface area contributed by atoms with Crippen molar-refractivity contribution in [3.05, 3.63) is 95.6 Å². The van der Waals surface area contributed by atoms with Crippen LogP contribution in [0.1, 0.15) is 35.6 Å². The van der Waals surface area contributed by atoms with E-state index in [-0.39, 0.29) is 25.2 Å². The van der Waals surface area contributed by atoms with Crippen molar-refractivity contribution >= 4 is 17.7 Å². The van der Waals surface area contributed by atoms with E-state index in [1.54, 1.807) is 30.3 Å². The molecule has 6 rings (SSSR count). The number of aliphatic hydroxyl groups is 1. The van der Waals surface area contributed by atoms with Crippen LogP contribution in [0, 0.1) is 5.92 Å². The zero-order valence-electron chi connectivity index (χ0n) is 21.2. The third-order valence-corrected chi connectivity index (χ3v) is 7.20. The summed E-state index contributed by atoms with van der Waals surface area (Å²) in [5, 5.41) is 15.1. The molecule has 3 aromatic rings. The predicted octanol–water partition coefficient (Wildman–Crippen LogP) is 4.11. The first-order valence-electron chi connectivity index (χ1n) is 13.0. The number of rotatable bonds is 9. The standard InChI is InChI=1S/C30H33N3O5/c34-19-21-6-4-10-25(16-21)31-28(35)20-37-26-11-5-9-24(17-26)29(23-7-2-1-3-8-23)32-30(36)38-27-18-33-14-12-22(27)13-15-33/h1-11,16-17,22,27,29,34H,12-15,18-20H2,(H,31,35)(H,32,36)/t27-,29-/m0/s1. The van der Waals surface area contributed by atoms with E-state index in [2.05, 4.69) is 15.5 Å². The molecule has 0 aliphatic carbocycles. The Morgan fingerprint density at radius 3 is 2.45 bits per heavy atom. The van der Waals surface area contributed by atoms with Crippen molar-refractivity contribution in [2.24, 2.45) is 5.92 Å². The molecule has 3 aliphatic rings. The van der Waals surface area contributed by atoms with Crippen LogP contribution in [-0.4, -0.2) is 54.4 Å². The quantitative estimate of drug-likeness (QED) is 0.397. The molecule has 2 amide bonds. The molecule has 8 heteroatoms. The second-order valence-electron chi connectivity index (χ2n) is 9.84. The third kappa shape index (κ3) is 6.51. The first-order chi connectivity index (χ1) is 18.6. The number of anilines is 1. The predicted molar refractivity (Wildman–Crippen MR) is 144 cm³/mol. The van der Waals surface area contributed by atoms with Crippen molar-refractivity contribution < 1.29 is 24.2 Å². The fourth-order valence-electron chi connectivity index (χ4n) is 5.22. The van der Waals surface area contributed by atoms with E-state index in [4.69, 9.17) is 9.47 Å². The largest absolute Gasteiger partial charge is 0.484 e. The summed E-state index contributed by atoms with van der Waals surface area (Å²) in [5.74, 6) is 0.620. The maximum absolute atomic E-state index is 13.0. The second kappa shape index (κ2) is 12.1. The second-order valence-corrected chi connectivity index (χ2v) is 9.84. The lowest BCUT2D eigenvalue weighted by Gasteiger charge is -2.43. The van der Waals surface area contributed by atoms with Gasteiger partial charge in [-0.05, 0) is 72.8 Å². The number of aliphatic hydroxyl groups excluding tert-OH is 1. The lowest BCUT2D eigenvalue weighted by atomic mass is 9.86. The number of benzene rings is 3. The van der Waals surface area contributed by atoms with Gasteiger partial charge >= 0.3 is 6.09 Å². The summed E-state index contributed by atoms with van der Waals surface area (Å²) in [6, 6.07) is 23.6. The molecule has 0 spiro atoms. The summed E-state index contributed by atoms with van der Waals surface area (Å²) < 4.78 is 11.7. The van der Waals surface area contributed by atoms with Crippen molar-refractivity contribution in [3.8, 4) is 5.75 Å². The van der Waals surface area contributed by atoms with Crippen LogP contribution in [0.25, 0.3) is 0 Å². The van der Waals surface area contributed by atoms with Gasteiger partial charge in [-0.25, -0.2) is 4.79 Å². The van der Waals surface area contributed by atoms with E-state index in [1.807, 2.05) is 48.5 Å². The van der Waals surface area contributed by atoms with Gasteiger partial charge in [0.2, 0.25) is 0 Å². The van der Waals surface area contributed by atoms with Crippen LogP contribution in [0.2, 0.25) is 0 Å². The molecule has 198 valence electrons. The van der Waals surface area contributed by atoms with Crippen molar-refractivity contribution in [2.75, 3.05) is 31.6 Å². The topological polar surface area (TPSA) is 100 Å². The van der Waals surface area contributed by atoms with Crippen molar-refractivity contribution in [1.82, 2.24) is 10.2 Å². The maximum atomic E-state index is 13.0. The number of ether oxygens (including phenoxy) is 2. The van der Waals surface area contributed by atoms with Gasteiger partial charge in [0.05, 0.1) is 12.6 Å². The van der Waals surface area contributed by atoms with E-state index in [9.17, 15) is 14.7 Å². The third-order valence-electron chi connectivity index (χ3n) is 7.20. The number of carbonyl (C=O) groups excluding carboxylic acids is 2. The fraction of sp³-hybridized carbons (Fsp3) is 0.333. The smallest absolute Gasteiger partial charge is 0.408 e. The highest BCUT2D eigenvalue weighted by atomic mass is 16.6. The molecular weight excluding hydrogens is 482 g/mol. The van der Waals surface area contributed by atoms with Crippen LogP contribution in [0.5, 0.6) is 5.75 Å². The molecule has 38 heavy (non-hydrogen) atoms. The highest BCUT2D eigenvalue weighted by molar-refractivity contribution is 5.91. The van der Waals surface area contributed by atoms with Crippen LogP contribution < -0.4 is 15.4 Å². The number of piperidine rings is 3. The Morgan fingerprint density at radius 2 is 1.71 bits per heavy atom. The number of alkyl carbamates (subject to hydrolysis) is 1. The minimum atomic E-state index is -0.441. The number of amides is 2. The van der Waals surface area contributed by atoms with E-state index < -0.39 is 12.1 Å². The molecule has 3 aromatic carbocycles. The van der Waals surface area contributed by atoms with Crippen LogP contribution in [0.15, 0.2) is 78.9 Å². The fourth-order valence-corrected chi connectivity index (χ4v) is 5.22. The molecule has 3 aliphatic heterocycles. The molecule has 2 bridgehead atoms. The van der Waals surface area contributed by atoms with Crippen LogP contribution in [-0.2, 0) is 16.1 Å². The molecule has 0 radical (unpaired) electrons. The van der Waals surface area contributed by atoms with E-state index >= 15 is 0 Å². The molecule has 2 atom stereocenters. The minimum absolute atomic E-state index is 0.0832. The molecule has 8 nitrogen and oxygen atoms in total. The monoisotopic (exact) mass is 515 g/mol. The minimum Gasteiger partial charge on any atom is -0.484 e. The molecule has 3 fully saturated rings. The summed E-state index contributed by atoms with van der Waals surface area (Å²) in [5.41, 5.74) is 3.03. The van der Waals surface area contributed by atoms with Gasteiger partial charge in [-0.3, -0.25) is 9.69 Å². The number of nitrogens with zero attached hydrogens (tertiary/aromatic N) is 1. The molecule has 0 aromatic heterocycles. The Kier molecular flexibility index (Phi) is 8.21. The average molecular weight is 516 g/mol. The summed E-state index contributed by atoms with van der Waals surface area (Å²) in [7, 11) is 0. The van der Waals surface area contributed by atoms with Gasteiger partial charge in [-0.15, -0.1) is 0 Å². The Hall–Kier alpha value is -3.88. The van der Waals surface area contributed by atoms with Gasteiger partial charge in [0.15, 0.2) is 6.61 Å². The van der Waals surface area contributed by atoms with Crippen LogP contribution in [0.3, 0.4) is 0 Å². The van der Waals surface area contributed by atoms with Gasteiger partial charge in [-0.2, -0.15) is 0 Å². The Balaban J connectivity index is 1.24. The van der Waals surface area contributed by atoms with Gasteiger partial charge in [0, 0.05) is 12.2 Å². The zero-order chi connectivity index (χ0) is 26.3. The van der Waals surface area contributed by atoms with Gasteiger partial charge in [0.1, 0.15) is 11.9 Å². The lowest BCUT2D eigenvalue weighted by molar-refractivity contribution is -0.118. The molecule has 3 N–H and O–H groups in total. The highest BCUT2D eigenvalue weighted by Crippen LogP contribution is 2.30. The first kappa shape index (κ1) is 25.8. The van der Waals surface area contributed by atoms with Crippen LogP contribution in [0.4, 0.5) is 10.5 Å². The molecule has 3 heterocycles. The van der Waals surface area contributed by atoms with Crippen molar-refractivity contribution in [3.63, 3.8) is 0 Å². The number of carbonyl (C=O) groups is 2.